The lowest BCUT2D eigenvalue weighted by Crippen LogP contribution is -2.13. The number of ether oxygens (including phenoxy) is 2. The molecule has 18 heavy (non-hydrogen) atoms. The van der Waals surface area contributed by atoms with Crippen LogP contribution in [0.15, 0.2) is 10.7 Å². The minimum atomic E-state index is -0.454. The van der Waals surface area contributed by atoms with Gasteiger partial charge in [0.05, 0.1) is 13.7 Å². The molecular formula is C11H15BrN2O4. The third-order valence-electron chi connectivity index (χ3n) is 2.20. The zero-order valence-electron chi connectivity index (χ0n) is 10.3. The van der Waals surface area contributed by atoms with E-state index in [4.69, 9.17) is 4.74 Å². The smallest absolute Gasteiger partial charge is 0.356 e. The first-order valence-electron chi connectivity index (χ1n) is 5.55. The van der Waals surface area contributed by atoms with Gasteiger partial charge in [-0.05, 0) is 29.3 Å². The molecule has 0 radical (unpaired) electrons. The Morgan fingerprint density at radius 3 is 2.83 bits per heavy atom. The number of rotatable bonds is 6. The molecule has 0 aliphatic carbocycles. The van der Waals surface area contributed by atoms with Crippen LogP contribution in [0, 0.1) is 0 Å². The second-order valence-corrected chi connectivity index (χ2v) is 4.29. The monoisotopic (exact) mass is 318 g/mol. The molecule has 0 unspecified atom stereocenters. The van der Waals surface area contributed by atoms with Gasteiger partial charge in [0.2, 0.25) is 0 Å². The number of esters is 2. The Bertz CT molecular complexity index is 431. The van der Waals surface area contributed by atoms with E-state index in [1.54, 1.807) is 13.0 Å². The minimum absolute atomic E-state index is 0.247. The molecule has 100 valence electrons. The second kappa shape index (κ2) is 7.15. The van der Waals surface area contributed by atoms with Crippen molar-refractivity contribution in [1.82, 2.24) is 9.78 Å². The van der Waals surface area contributed by atoms with Crippen LogP contribution in [0.1, 0.15) is 30.3 Å². The quantitative estimate of drug-likeness (QED) is 0.748. The average Bonchev–Trinajstić information content (AvgIpc) is 2.70. The van der Waals surface area contributed by atoms with Crippen LogP contribution in [0.25, 0.3) is 0 Å². The first kappa shape index (κ1) is 14.7. The first-order chi connectivity index (χ1) is 8.58. The number of hydrogen-bond donors (Lipinski definition) is 0. The summed E-state index contributed by atoms with van der Waals surface area (Å²) in [6, 6.07) is 1.58. The van der Waals surface area contributed by atoms with Crippen molar-refractivity contribution in [3.63, 3.8) is 0 Å². The largest absolute Gasteiger partial charge is 0.466 e. The zero-order chi connectivity index (χ0) is 13.5. The van der Waals surface area contributed by atoms with E-state index in [1.807, 2.05) is 0 Å². The number of hydrogen-bond acceptors (Lipinski definition) is 5. The maximum absolute atomic E-state index is 11.5. The fourth-order valence-corrected chi connectivity index (χ4v) is 1.84. The first-order valence-corrected chi connectivity index (χ1v) is 6.35. The average molecular weight is 319 g/mol. The van der Waals surface area contributed by atoms with E-state index in [2.05, 4.69) is 25.8 Å². The van der Waals surface area contributed by atoms with E-state index < -0.39 is 5.97 Å². The summed E-state index contributed by atoms with van der Waals surface area (Å²) in [6.45, 7) is 2.59. The highest BCUT2D eigenvalue weighted by Crippen LogP contribution is 2.12. The standard InChI is InChI=1S/C11H15BrN2O4/c1-3-18-10(15)5-4-6-14-8(11(16)17-2)7-9(12)13-14/h7H,3-6H2,1-2H3. The van der Waals surface area contributed by atoms with E-state index in [9.17, 15) is 9.59 Å². The molecule has 0 fully saturated rings. The molecule has 0 N–H and O–H groups in total. The topological polar surface area (TPSA) is 70.4 Å². The Balaban J connectivity index is 2.56. The Kier molecular flexibility index (Phi) is 5.84. The van der Waals surface area contributed by atoms with Crippen molar-refractivity contribution in [3.8, 4) is 0 Å². The van der Waals surface area contributed by atoms with E-state index in [0.29, 0.717) is 36.3 Å². The van der Waals surface area contributed by atoms with Gasteiger partial charge in [0.1, 0.15) is 10.3 Å². The molecule has 0 saturated carbocycles. The van der Waals surface area contributed by atoms with Crippen molar-refractivity contribution in [1.29, 1.82) is 0 Å². The Labute approximate surface area is 113 Å². The molecule has 0 saturated heterocycles. The maximum Gasteiger partial charge on any atom is 0.356 e. The predicted molar refractivity (Wildman–Crippen MR) is 67.1 cm³/mol. The molecule has 0 aliphatic rings. The van der Waals surface area contributed by atoms with Crippen LogP contribution in [0.5, 0.6) is 0 Å². The SMILES string of the molecule is CCOC(=O)CCCn1nc(Br)cc1C(=O)OC. The number of aryl methyl sites for hydroxylation is 1. The lowest BCUT2D eigenvalue weighted by Gasteiger charge is -2.05. The number of halogens is 1. The van der Waals surface area contributed by atoms with Gasteiger partial charge in [-0.25, -0.2) is 4.79 Å². The van der Waals surface area contributed by atoms with Crippen molar-refractivity contribution >= 4 is 27.9 Å². The van der Waals surface area contributed by atoms with Crippen molar-refractivity contribution in [2.24, 2.45) is 0 Å². The third kappa shape index (κ3) is 4.14. The van der Waals surface area contributed by atoms with Crippen LogP contribution in [0.2, 0.25) is 0 Å². The van der Waals surface area contributed by atoms with E-state index in [1.165, 1.54) is 11.8 Å². The summed E-state index contributed by atoms with van der Waals surface area (Å²) < 4.78 is 11.5. The number of aromatic nitrogens is 2. The number of carbonyl (C=O) groups excluding carboxylic acids is 2. The van der Waals surface area contributed by atoms with E-state index in [-0.39, 0.29) is 5.97 Å². The summed E-state index contributed by atoms with van der Waals surface area (Å²) in [5.74, 6) is -0.701. The second-order valence-electron chi connectivity index (χ2n) is 3.48. The lowest BCUT2D eigenvalue weighted by molar-refractivity contribution is -0.143. The van der Waals surface area contributed by atoms with Crippen LogP contribution in [0.4, 0.5) is 0 Å². The van der Waals surface area contributed by atoms with Crippen molar-refractivity contribution < 1.29 is 19.1 Å². The zero-order valence-corrected chi connectivity index (χ0v) is 11.9. The van der Waals surface area contributed by atoms with Crippen molar-refractivity contribution in [2.45, 2.75) is 26.3 Å². The van der Waals surface area contributed by atoms with Crippen LogP contribution >= 0.6 is 15.9 Å². The van der Waals surface area contributed by atoms with Gasteiger partial charge in [0.25, 0.3) is 0 Å². The fourth-order valence-electron chi connectivity index (χ4n) is 1.43. The van der Waals surface area contributed by atoms with Crippen LogP contribution < -0.4 is 0 Å². The number of carbonyl (C=O) groups is 2. The molecule has 0 aromatic carbocycles. The molecular weight excluding hydrogens is 304 g/mol. The Hall–Kier alpha value is -1.37. The summed E-state index contributed by atoms with van der Waals surface area (Å²) in [6.07, 6.45) is 0.850. The van der Waals surface area contributed by atoms with Crippen LogP contribution in [0.3, 0.4) is 0 Å². The minimum Gasteiger partial charge on any atom is -0.466 e. The molecule has 1 aromatic heterocycles. The van der Waals surface area contributed by atoms with Gasteiger partial charge in [0, 0.05) is 19.0 Å². The van der Waals surface area contributed by atoms with E-state index >= 15 is 0 Å². The van der Waals surface area contributed by atoms with Gasteiger partial charge < -0.3 is 9.47 Å². The summed E-state index contributed by atoms with van der Waals surface area (Å²) >= 11 is 3.19. The fraction of sp³-hybridized carbons (Fsp3) is 0.545. The molecule has 6 nitrogen and oxygen atoms in total. The predicted octanol–water partition coefficient (Wildman–Crippen LogP) is 1.78. The molecule has 0 aliphatic heterocycles. The highest BCUT2D eigenvalue weighted by Gasteiger charge is 2.15. The van der Waals surface area contributed by atoms with Gasteiger partial charge >= 0.3 is 11.9 Å². The Morgan fingerprint density at radius 2 is 2.22 bits per heavy atom. The van der Waals surface area contributed by atoms with Gasteiger partial charge in [-0.3, -0.25) is 9.48 Å². The molecule has 1 rings (SSSR count). The van der Waals surface area contributed by atoms with E-state index in [0.717, 1.165) is 0 Å². The summed E-state index contributed by atoms with van der Waals surface area (Å²) in [5, 5.41) is 4.10. The molecule has 7 heteroatoms. The van der Waals surface area contributed by atoms with Gasteiger partial charge in [0.15, 0.2) is 0 Å². The highest BCUT2D eigenvalue weighted by atomic mass is 79.9. The normalized spacial score (nSPS) is 10.2. The number of methoxy groups -OCH3 is 1. The van der Waals surface area contributed by atoms with Crippen LogP contribution in [-0.4, -0.2) is 35.4 Å². The van der Waals surface area contributed by atoms with Gasteiger partial charge in [-0.2, -0.15) is 5.10 Å². The Morgan fingerprint density at radius 1 is 1.50 bits per heavy atom. The molecule has 0 bridgehead atoms. The molecule has 0 amide bonds. The number of nitrogens with zero attached hydrogens (tertiary/aromatic N) is 2. The third-order valence-corrected chi connectivity index (χ3v) is 2.59. The maximum atomic E-state index is 11.5. The van der Waals surface area contributed by atoms with Gasteiger partial charge in [-0.1, -0.05) is 0 Å². The molecule has 1 aromatic rings. The molecule has 0 atom stereocenters. The highest BCUT2D eigenvalue weighted by molar-refractivity contribution is 9.10. The summed E-state index contributed by atoms with van der Waals surface area (Å²) in [7, 11) is 1.31. The van der Waals surface area contributed by atoms with Crippen molar-refractivity contribution in [2.75, 3.05) is 13.7 Å². The van der Waals surface area contributed by atoms with Gasteiger partial charge in [-0.15, -0.1) is 0 Å². The summed E-state index contributed by atoms with van der Waals surface area (Å²) in [5.41, 5.74) is 0.355. The lowest BCUT2D eigenvalue weighted by atomic mass is 10.3. The summed E-state index contributed by atoms with van der Waals surface area (Å²) in [4.78, 5) is 22.6. The van der Waals surface area contributed by atoms with Crippen molar-refractivity contribution in [3.05, 3.63) is 16.4 Å². The molecule has 1 heterocycles. The molecule has 0 spiro atoms. The van der Waals surface area contributed by atoms with Crippen LogP contribution in [-0.2, 0) is 20.8 Å².